The predicted molar refractivity (Wildman–Crippen MR) is 121 cm³/mol. The van der Waals surface area contributed by atoms with Crippen LogP contribution in [0.25, 0.3) is 0 Å². The van der Waals surface area contributed by atoms with Gasteiger partial charge in [-0.3, -0.25) is 0 Å². The number of ether oxygens (including phenoxy) is 1. The zero-order valence-corrected chi connectivity index (χ0v) is 20.1. The zero-order chi connectivity index (χ0) is 21.8. The highest BCUT2D eigenvalue weighted by Gasteiger charge is 2.67. The summed E-state index contributed by atoms with van der Waals surface area (Å²) in [5.74, 6) is 3.57. The van der Waals surface area contributed by atoms with E-state index >= 15 is 0 Å². The van der Waals surface area contributed by atoms with Gasteiger partial charge in [0.2, 0.25) is 0 Å². The molecule has 31 heavy (non-hydrogen) atoms. The second kappa shape index (κ2) is 6.93. The van der Waals surface area contributed by atoms with Crippen molar-refractivity contribution in [3.05, 3.63) is 0 Å². The van der Waals surface area contributed by atoms with Gasteiger partial charge in [-0.05, 0) is 110 Å². The van der Waals surface area contributed by atoms with E-state index in [0.29, 0.717) is 28.6 Å². The first-order valence-corrected chi connectivity index (χ1v) is 13.5. The number of aliphatic hydroxyl groups excluding tert-OH is 1. The summed E-state index contributed by atoms with van der Waals surface area (Å²) in [6, 6.07) is 0.0753. The maximum atomic E-state index is 11.5. The Morgan fingerprint density at radius 1 is 0.935 bits per heavy atom. The van der Waals surface area contributed by atoms with Crippen LogP contribution in [0.5, 0.6) is 0 Å². The number of hydrogen-bond acceptors (Lipinski definition) is 4. The van der Waals surface area contributed by atoms with Crippen LogP contribution in [0, 0.1) is 52.3 Å². The van der Waals surface area contributed by atoms with Gasteiger partial charge >= 0.3 is 0 Å². The second-order valence-electron chi connectivity index (χ2n) is 13.4. The fourth-order valence-electron chi connectivity index (χ4n) is 10.7. The molecule has 0 aromatic rings. The highest BCUT2D eigenvalue weighted by molar-refractivity contribution is 5.15. The van der Waals surface area contributed by atoms with Crippen LogP contribution in [0.3, 0.4) is 0 Å². The van der Waals surface area contributed by atoms with E-state index in [0.717, 1.165) is 55.9 Å². The van der Waals surface area contributed by atoms with E-state index in [1.165, 1.54) is 32.1 Å². The Hall–Kier alpha value is -0.160. The molecule has 0 aromatic carbocycles. The molecule has 6 aliphatic rings. The summed E-state index contributed by atoms with van der Waals surface area (Å²) in [6.45, 7) is 10.8. The molecule has 176 valence electrons. The molecule has 4 heteroatoms. The van der Waals surface area contributed by atoms with Crippen LogP contribution in [-0.4, -0.2) is 40.8 Å². The number of nitrogens with one attached hydrogen (secondary N) is 1. The number of piperidine rings is 1. The van der Waals surface area contributed by atoms with Crippen molar-refractivity contribution in [2.75, 3.05) is 6.54 Å². The van der Waals surface area contributed by atoms with Gasteiger partial charge in [0.1, 0.15) is 0 Å². The molecule has 0 unspecified atom stereocenters. The van der Waals surface area contributed by atoms with E-state index in [2.05, 4.69) is 33.0 Å². The largest absolute Gasteiger partial charge is 0.393 e. The minimum Gasteiger partial charge on any atom is -0.393 e. The van der Waals surface area contributed by atoms with Crippen LogP contribution >= 0.6 is 0 Å². The van der Waals surface area contributed by atoms with E-state index in [1.54, 1.807) is 0 Å². The maximum Gasteiger partial charge on any atom is 0.181 e. The van der Waals surface area contributed by atoms with Gasteiger partial charge in [-0.15, -0.1) is 0 Å². The first kappa shape index (κ1) is 21.4. The van der Waals surface area contributed by atoms with Crippen molar-refractivity contribution in [3.63, 3.8) is 0 Å². The molecule has 2 heterocycles. The van der Waals surface area contributed by atoms with Gasteiger partial charge in [0.25, 0.3) is 0 Å². The third-order valence-electron chi connectivity index (χ3n) is 12.0. The van der Waals surface area contributed by atoms with Crippen LogP contribution in [-0.2, 0) is 4.74 Å². The molecule has 0 amide bonds. The van der Waals surface area contributed by atoms with Crippen LogP contribution < -0.4 is 5.32 Å². The molecule has 0 bridgehead atoms. The Bertz CT molecular complexity index is 729. The van der Waals surface area contributed by atoms with E-state index in [4.69, 9.17) is 4.74 Å². The number of rotatable bonds is 0. The monoisotopic (exact) mass is 431 g/mol. The normalized spacial score (nSPS) is 63.3. The van der Waals surface area contributed by atoms with Gasteiger partial charge in [0.05, 0.1) is 18.2 Å². The lowest BCUT2D eigenvalue weighted by Crippen LogP contribution is -2.68. The summed E-state index contributed by atoms with van der Waals surface area (Å²) in [7, 11) is 0. The molecule has 0 spiro atoms. The quantitative estimate of drug-likeness (QED) is 0.534. The van der Waals surface area contributed by atoms with Crippen molar-refractivity contribution < 1.29 is 14.9 Å². The van der Waals surface area contributed by atoms with Gasteiger partial charge < -0.3 is 20.3 Å². The van der Waals surface area contributed by atoms with E-state index < -0.39 is 5.79 Å². The first-order valence-electron chi connectivity index (χ1n) is 13.5. The Labute approximate surface area is 188 Å². The minimum atomic E-state index is -0.981. The average Bonchev–Trinajstić information content (AvgIpc) is 2.99. The molecule has 4 nitrogen and oxygen atoms in total. The summed E-state index contributed by atoms with van der Waals surface area (Å²) in [5.41, 5.74) is 0.765. The van der Waals surface area contributed by atoms with Crippen molar-refractivity contribution in [3.8, 4) is 0 Å². The van der Waals surface area contributed by atoms with Gasteiger partial charge in [0, 0.05) is 6.42 Å². The summed E-state index contributed by atoms with van der Waals surface area (Å²) >= 11 is 0. The molecule has 3 N–H and O–H groups in total. The second-order valence-corrected chi connectivity index (χ2v) is 13.4. The highest BCUT2D eigenvalue weighted by Crippen LogP contribution is 2.70. The summed E-state index contributed by atoms with van der Waals surface area (Å²) < 4.78 is 6.69. The summed E-state index contributed by atoms with van der Waals surface area (Å²) in [4.78, 5) is 0. The molecule has 0 aromatic heterocycles. The van der Waals surface area contributed by atoms with Crippen molar-refractivity contribution >= 4 is 0 Å². The molecule has 6 rings (SSSR count). The van der Waals surface area contributed by atoms with Crippen molar-refractivity contribution in [1.82, 2.24) is 5.32 Å². The maximum absolute atomic E-state index is 11.5. The minimum absolute atomic E-state index is 0.0638. The summed E-state index contributed by atoms with van der Waals surface area (Å²) in [5, 5.41) is 25.5. The number of fused-ring (bicyclic) bond motifs is 8. The average molecular weight is 432 g/mol. The van der Waals surface area contributed by atoms with Gasteiger partial charge in [-0.1, -0.05) is 27.7 Å². The van der Waals surface area contributed by atoms with E-state index in [9.17, 15) is 10.2 Å². The smallest absolute Gasteiger partial charge is 0.181 e. The van der Waals surface area contributed by atoms with Gasteiger partial charge in [-0.25, -0.2) is 0 Å². The van der Waals surface area contributed by atoms with Crippen molar-refractivity contribution in [2.45, 2.75) is 110 Å². The molecule has 6 fully saturated rings. The van der Waals surface area contributed by atoms with Crippen LogP contribution in [0.15, 0.2) is 0 Å². The third kappa shape index (κ3) is 2.87. The molecular weight excluding hydrogens is 386 g/mol. The van der Waals surface area contributed by atoms with Crippen LogP contribution in [0.1, 0.15) is 85.5 Å². The molecule has 4 saturated carbocycles. The molecule has 2 aliphatic heterocycles. The van der Waals surface area contributed by atoms with Gasteiger partial charge in [0.15, 0.2) is 5.79 Å². The fourth-order valence-corrected chi connectivity index (χ4v) is 10.7. The van der Waals surface area contributed by atoms with E-state index in [1.807, 2.05) is 0 Å². The molecule has 2 saturated heterocycles. The lowest BCUT2D eigenvalue weighted by atomic mass is 9.44. The highest BCUT2D eigenvalue weighted by atomic mass is 16.6. The Morgan fingerprint density at radius 3 is 2.52 bits per heavy atom. The predicted octanol–water partition coefficient (Wildman–Crippen LogP) is 4.34. The number of aliphatic hydroxyl groups is 2. The molecule has 0 radical (unpaired) electrons. The fraction of sp³-hybridized carbons (Fsp3) is 1.00. The van der Waals surface area contributed by atoms with E-state index in [-0.39, 0.29) is 18.2 Å². The van der Waals surface area contributed by atoms with Crippen LogP contribution in [0.4, 0.5) is 0 Å². The Kier molecular flexibility index (Phi) is 4.78. The Morgan fingerprint density at radius 2 is 1.71 bits per heavy atom. The SMILES string of the molecule is C[C@@H]1CN[C@H]2[C@@H](C)[C@H]3[C@H](C[C@H]4[C@@H]5CC[C@H]6C[C@@H](O)CC[C@]6(C)[C@H]5CC[C@]34C)O[C@]2(O)C1. The lowest BCUT2D eigenvalue weighted by Gasteiger charge is -2.62. The Balaban J connectivity index is 1.30. The molecule has 4 aliphatic carbocycles. The van der Waals surface area contributed by atoms with Crippen molar-refractivity contribution in [2.24, 2.45) is 52.3 Å². The zero-order valence-electron chi connectivity index (χ0n) is 20.1. The van der Waals surface area contributed by atoms with Crippen molar-refractivity contribution in [1.29, 1.82) is 0 Å². The number of hydrogen-bond donors (Lipinski definition) is 3. The van der Waals surface area contributed by atoms with Crippen LogP contribution in [0.2, 0.25) is 0 Å². The standard InChI is InChI=1S/C27H45NO3/c1-15-13-27(30)24(28-14-15)16(2)23-22(31-27)12-21-19-6-5-17-11-18(29)7-9-25(17,3)20(19)8-10-26(21,23)4/h15-24,28-30H,5-14H2,1-4H3/t15-,16-,17-,18-,19+,20-,21-,22-,23-,24-,25-,26-,27+/m0/s1. The van der Waals surface area contributed by atoms with Gasteiger partial charge in [-0.2, -0.15) is 0 Å². The molecule has 13 atom stereocenters. The molecular formula is C27H45NO3. The lowest BCUT2D eigenvalue weighted by molar-refractivity contribution is -0.311. The topological polar surface area (TPSA) is 61.7 Å². The third-order valence-corrected chi connectivity index (χ3v) is 12.0. The first-order chi connectivity index (χ1) is 14.7. The summed E-state index contributed by atoms with van der Waals surface area (Å²) in [6.07, 6.45) is 10.7.